The quantitative estimate of drug-likeness (QED) is 0.154. The van der Waals surface area contributed by atoms with Gasteiger partial charge in [-0.15, -0.1) is 0 Å². The molecule has 2 heterocycles. The van der Waals surface area contributed by atoms with Crippen LogP contribution in [0.4, 0.5) is 0 Å². The second kappa shape index (κ2) is 14.3. The number of carbonyl (C=O) groups excluding carboxylic acids is 1. The van der Waals surface area contributed by atoms with E-state index in [2.05, 4.69) is 37.9 Å². The molecule has 0 spiro atoms. The molecule has 1 aliphatic rings. The van der Waals surface area contributed by atoms with E-state index in [1.807, 2.05) is 42.5 Å². The molecule has 0 saturated carbocycles. The van der Waals surface area contributed by atoms with Gasteiger partial charge in [-0.1, -0.05) is 62.4 Å². The molecule has 1 aromatic heterocycles. The van der Waals surface area contributed by atoms with Gasteiger partial charge in [0.05, 0.1) is 42.7 Å². The van der Waals surface area contributed by atoms with Gasteiger partial charge in [0.15, 0.2) is 16.3 Å². The Morgan fingerprint density at radius 3 is 2.23 bits per heavy atom. The number of methoxy groups -OCH3 is 2. The van der Waals surface area contributed by atoms with E-state index in [0.717, 1.165) is 16.9 Å². The predicted octanol–water partition coefficient (Wildman–Crippen LogP) is 5.57. The largest absolute Gasteiger partial charge is 0.497 e. The molecule has 10 heteroatoms. The Labute approximate surface area is 278 Å². The van der Waals surface area contributed by atoms with Crippen LogP contribution in [0.3, 0.4) is 0 Å². The Morgan fingerprint density at radius 1 is 0.915 bits per heavy atom. The number of rotatable bonds is 11. The summed E-state index contributed by atoms with van der Waals surface area (Å²) in [6.45, 7) is 10.9. The third kappa shape index (κ3) is 7.44. The molecule has 0 fully saturated rings. The van der Waals surface area contributed by atoms with Crippen molar-refractivity contribution >= 4 is 23.4 Å². The van der Waals surface area contributed by atoms with E-state index in [9.17, 15) is 9.59 Å². The number of ether oxygens (including phenoxy) is 5. The van der Waals surface area contributed by atoms with Gasteiger partial charge >= 0.3 is 5.97 Å². The highest BCUT2D eigenvalue weighted by Crippen LogP contribution is 2.32. The Morgan fingerprint density at radius 2 is 1.60 bits per heavy atom. The predicted molar refractivity (Wildman–Crippen MR) is 183 cm³/mol. The highest BCUT2D eigenvalue weighted by molar-refractivity contribution is 7.07. The molecule has 0 saturated heterocycles. The van der Waals surface area contributed by atoms with Gasteiger partial charge < -0.3 is 23.7 Å². The fourth-order valence-corrected chi connectivity index (χ4v) is 6.35. The number of benzene rings is 3. The average molecular weight is 657 g/mol. The van der Waals surface area contributed by atoms with Gasteiger partial charge in [-0.3, -0.25) is 9.36 Å². The highest BCUT2D eigenvalue weighted by atomic mass is 32.1. The normalized spacial score (nSPS) is 14.7. The first-order valence-electron chi connectivity index (χ1n) is 15.4. The molecular formula is C37H40N2O7S. The SMILES string of the molecule is CCOC(=O)C1=C(C)N=c2s/c(=C\c3ccc(OCCOc4ccc(C(C)(C)C)cc4)c(OC)c3)c(=O)n2[C@H]1c1ccc(OC)cc1. The fourth-order valence-electron chi connectivity index (χ4n) is 5.30. The van der Waals surface area contributed by atoms with Crippen LogP contribution >= 0.6 is 11.3 Å². The summed E-state index contributed by atoms with van der Waals surface area (Å²) in [5.74, 6) is 2.03. The Balaban J connectivity index is 1.39. The first-order valence-corrected chi connectivity index (χ1v) is 16.2. The minimum Gasteiger partial charge on any atom is -0.497 e. The van der Waals surface area contributed by atoms with Crippen molar-refractivity contribution in [3.8, 4) is 23.0 Å². The summed E-state index contributed by atoms with van der Waals surface area (Å²) in [6, 6.07) is 20.2. The monoisotopic (exact) mass is 656 g/mol. The topological polar surface area (TPSA) is 97.6 Å². The van der Waals surface area contributed by atoms with E-state index >= 15 is 0 Å². The number of nitrogens with zero attached hydrogens (tertiary/aromatic N) is 2. The lowest BCUT2D eigenvalue weighted by Crippen LogP contribution is -2.39. The van der Waals surface area contributed by atoms with Crippen LogP contribution in [-0.4, -0.2) is 44.6 Å². The van der Waals surface area contributed by atoms with Gasteiger partial charge in [0.2, 0.25) is 0 Å². The lowest BCUT2D eigenvalue weighted by molar-refractivity contribution is -0.139. The van der Waals surface area contributed by atoms with Crippen LogP contribution in [0.2, 0.25) is 0 Å². The number of allylic oxidation sites excluding steroid dienone is 1. The van der Waals surface area contributed by atoms with E-state index in [1.165, 1.54) is 16.9 Å². The van der Waals surface area contributed by atoms with Gasteiger partial charge in [0, 0.05) is 0 Å². The summed E-state index contributed by atoms with van der Waals surface area (Å²) in [5, 5.41) is 0. The van der Waals surface area contributed by atoms with E-state index in [0.29, 0.717) is 51.1 Å². The van der Waals surface area contributed by atoms with Crippen molar-refractivity contribution in [3.05, 3.63) is 114 Å². The van der Waals surface area contributed by atoms with Crippen molar-refractivity contribution in [1.29, 1.82) is 0 Å². The minimum atomic E-state index is -0.706. The maximum Gasteiger partial charge on any atom is 0.338 e. The van der Waals surface area contributed by atoms with E-state index < -0.39 is 12.0 Å². The van der Waals surface area contributed by atoms with E-state index in [4.69, 9.17) is 23.7 Å². The average Bonchev–Trinajstić information content (AvgIpc) is 3.36. The zero-order valence-corrected chi connectivity index (χ0v) is 28.6. The Kier molecular flexibility index (Phi) is 10.2. The van der Waals surface area contributed by atoms with Crippen LogP contribution in [-0.2, 0) is 14.9 Å². The summed E-state index contributed by atoms with van der Waals surface area (Å²) in [6.07, 6.45) is 1.79. The molecule has 0 aliphatic carbocycles. The number of aromatic nitrogens is 1. The lowest BCUT2D eigenvalue weighted by Gasteiger charge is -2.24. The van der Waals surface area contributed by atoms with Gasteiger partial charge in [-0.2, -0.15) is 0 Å². The van der Waals surface area contributed by atoms with E-state index in [-0.39, 0.29) is 17.6 Å². The minimum absolute atomic E-state index is 0.0810. The summed E-state index contributed by atoms with van der Waals surface area (Å²) < 4.78 is 30.2. The second-order valence-corrected chi connectivity index (χ2v) is 13.0. The molecule has 246 valence electrons. The number of hydrogen-bond donors (Lipinski definition) is 0. The Bertz CT molecular complexity index is 1950. The molecule has 0 unspecified atom stereocenters. The molecule has 47 heavy (non-hydrogen) atoms. The number of hydrogen-bond acceptors (Lipinski definition) is 9. The van der Waals surface area contributed by atoms with Gasteiger partial charge in [-0.05, 0) is 78.4 Å². The highest BCUT2D eigenvalue weighted by Gasteiger charge is 2.33. The number of fused-ring (bicyclic) bond motifs is 1. The maximum absolute atomic E-state index is 14.0. The van der Waals surface area contributed by atoms with Crippen LogP contribution < -0.4 is 33.8 Å². The Hall–Kier alpha value is -4.83. The lowest BCUT2D eigenvalue weighted by atomic mass is 9.87. The van der Waals surface area contributed by atoms with Crippen LogP contribution in [0.5, 0.6) is 23.0 Å². The fraction of sp³-hybridized carbons (Fsp3) is 0.324. The van der Waals surface area contributed by atoms with Crippen LogP contribution in [0.25, 0.3) is 6.08 Å². The molecule has 0 bridgehead atoms. The molecule has 5 rings (SSSR count). The van der Waals surface area contributed by atoms with Crippen molar-refractivity contribution in [2.24, 2.45) is 4.99 Å². The number of esters is 1. The molecule has 1 aliphatic heterocycles. The number of thiazole rings is 1. The van der Waals surface area contributed by atoms with E-state index in [1.54, 1.807) is 50.8 Å². The van der Waals surface area contributed by atoms with Gasteiger partial charge in [-0.25, -0.2) is 9.79 Å². The van der Waals surface area contributed by atoms with Crippen LogP contribution in [0.15, 0.2) is 87.8 Å². The third-order valence-electron chi connectivity index (χ3n) is 7.76. The molecule has 0 N–H and O–H groups in total. The zero-order valence-electron chi connectivity index (χ0n) is 27.8. The van der Waals surface area contributed by atoms with Crippen LogP contribution in [0, 0.1) is 0 Å². The standard InChI is InChI=1S/C37H40N2O7S/c1-8-44-35(41)32-23(2)38-36-39(33(32)25-10-14-27(42-6)15-11-25)34(40)31(47-36)22-24-9-18-29(30(21-24)43-7)46-20-19-45-28-16-12-26(13-17-28)37(3,4)5/h9-18,21-22,33H,8,19-20H2,1-7H3/b31-22-/t33-/m0/s1. The maximum atomic E-state index is 14.0. The summed E-state index contributed by atoms with van der Waals surface area (Å²) >= 11 is 1.26. The zero-order chi connectivity index (χ0) is 33.7. The van der Waals surface area contributed by atoms with Crippen molar-refractivity contribution in [2.45, 2.75) is 46.1 Å². The summed E-state index contributed by atoms with van der Waals surface area (Å²) in [5.41, 5.74) is 3.37. The molecule has 0 amide bonds. The molecule has 9 nitrogen and oxygen atoms in total. The van der Waals surface area contributed by atoms with Crippen molar-refractivity contribution in [1.82, 2.24) is 4.57 Å². The summed E-state index contributed by atoms with van der Waals surface area (Å²) in [4.78, 5) is 32.2. The second-order valence-electron chi connectivity index (χ2n) is 12.0. The first-order chi connectivity index (χ1) is 22.5. The van der Waals surface area contributed by atoms with Gasteiger partial charge in [0.1, 0.15) is 24.7 Å². The van der Waals surface area contributed by atoms with Crippen molar-refractivity contribution < 1.29 is 28.5 Å². The van der Waals surface area contributed by atoms with Crippen molar-refractivity contribution in [2.75, 3.05) is 34.0 Å². The first kappa shape index (κ1) is 33.5. The van der Waals surface area contributed by atoms with Crippen molar-refractivity contribution in [3.63, 3.8) is 0 Å². The van der Waals surface area contributed by atoms with Crippen LogP contribution in [0.1, 0.15) is 57.4 Å². The molecule has 3 aromatic carbocycles. The summed E-state index contributed by atoms with van der Waals surface area (Å²) in [7, 11) is 3.16. The smallest absolute Gasteiger partial charge is 0.338 e. The third-order valence-corrected chi connectivity index (χ3v) is 8.75. The number of carbonyl (C=O) groups is 1. The molecule has 0 radical (unpaired) electrons. The molecule has 4 aromatic rings. The molecule has 1 atom stereocenters. The molecular weight excluding hydrogens is 616 g/mol. The van der Waals surface area contributed by atoms with Gasteiger partial charge in [0.25, 0.3) is 5.56 Å².